The van der Waals surface area contributed by atoms with Gasteiger partial charge in [0.1, 0.15) is 0 Å². The lowest BCUT2D eigenvalue weighted by Gasteiger charge is -2.05. The third-order valence-corrected chi connectivity index (χ3v) is 3.44. The highest BCUT2D eigenvalue weighted by atomic mass is 16.5. The molecular weight excluding hydrogens is 272 g/mol. The Kier molecular flexibility index (Phi) is 4.07. The Labute approximate surface area is 122 Å². The molecule has 0 fully saturated rings. The molecule has 2 aromatic heterocycles. The number of rotatable bonds is 4. The van der Waals surface area contributed by atoms with Crippen LogP contribution in [0.4, 0.5) is 0 Å². The molecule has 0 aliphatic heterocycles. The van der Waals surface area contributed by atoms with Crippen molar-refractivity contribution < 1.29 is 19.1 Å². The van der Waals surface area contributed by atoms with E-state index in [1.807, 2.05) is 25.5 Å². The van der Waals surface area contributed by atoms with Crippen molar-refractivity contribution in [2.45, 2.75) is 13.8 Å². The average molecular weight is 288 g/mol. The second-order valence-electron chi connectivity index (χ2n) is 4.75. The quantitative estimate of drug-likeness (QED) is 0.368. The summed E-state index contributed by atoms with van der Waals surface area (Å²) >= 11 is 0. The number of pyridine rings is 1. The maximum absolute atomic E-state index is 12.1. The average Bonchev–Trinajstić information content (AvgIpc) is 2.72. The van der Waals surface area contributed by atoms with Gasteiger partial charge in [0.15, 0.2) is 12.8 Å². The molecule has 0 amide bonds. The van der Waals surface area contributed by atoms with E-state index in [0.717, 1.165) is 11.4 Å². The maximum atomic E-state index is 12.1. The molecule has 2 heterocycles. The van der Waals surface area contributed by atoms with Crippen molar-refractivity contribution in [2.24, 2.45) is 7.05 Å². The van der Waals surface area contributed by atoms with Gasteiger partial charge >= 0.3 is 11.7 Å². The molecule has 110 valence electrons. The zero-order valence-corrected chi connectivity index (χ0v) is 12.1. The van der Waals surface area contributed by atoms with Gasteiger partial charge in [-0.2, -0.15) is 4.73 Å². The fourth-order valence-electron chi connectivity index (χ4n) is 2.01. The van der Waals surface area contributed by atoms with Gasteiger partial charge in [-0.25, -0.2) is 4.79 Å². The van der Waals surface area contributed by atoms with Crippen LogP contribution >= 0.6 is 0 Å². The summed E-state index contributed by atoms with van der Waals surface area (Å²) < 4.78 is 7.20. The van der Waals surface area contributed by atoms with E-state index in [0.29, 0.717) is 10.3 Å². The Morgan fingerprint density at radius 2 is 2.05 bits per heavy atom. The van der Waals surface area contributed by atoms with Gasteiger partial charge in [-0.05, 0) is 26.0 Å². The van der Waals surface area contributed by atoms with Gasteiger partial charge in [-0.15, -0.1) is 0 Å². The Hall–Kier alpha value is -2.63. The van der Waals surface area contributed by atoms with Crippen LogP contribution < -0.4 is 4.73 Å². The third-order valence-electron chi connectivity index (χ3n) is 3.44. The smallest absolute Gasteiger partial charge is 0.405 e. The van der Waals surface area contributed by atoms with E-state index in [9.17, 15) is 14.8 Å². The second kappa shape index (κ2) is 5.78. The van der Waals surface area contributed by atoms with E-state index in [2.05, 4.69) is 0 Å². The molecule has 0 aromatic carbocycles. The molecule has 0 aliphatic rings. The van der Waals surface area contributed by atoms with Crippen LogP contribution in [0.15, 0.2) is 30.5 Å². The number of aromatic nitrogens is 2. The molecule has 0 spiro atoms. The Bertz CT molecular complexity index is 704. The molecule has 21 heavy (non-hydrogen) atoms. The Morgan fingerprint density at radius 1 is 1.33 bits per heavy atom. The van der Waals surface area contributed by atoms with Crippen molar-refractivity contribution in [3.63, 3.8) is 0 Å². The van der Waals surface area contributed by atoms with Gasteiger partial charge in [0.05, 0.1) is 0 Å². The summed E-state index contributed by atoms with van der Waals surface area (Å²) in [7, 11) is 1.86. The number of hydrogen-bond acceptors (Lipinski definition) is 4. The van der Waals surface area contributed by atoms with Gasteiger partial charge in [0.2, 0.25) is 5.78 Å². The first-order valence-electron chi connectivity index (χ1n) is 6.43. The van der Waals surface area contributed by atoms with E-state index in [1.54, 1.807) is 12.1 Å². The van der Waals surface area contributed by atoms with Gasteiger partial charge in [-0.1, -0.05) is 0 Å². The molecule has 6 heteroatoms. The SMILES string of the molecule is Cc1cc(C(=O)COC(=O)c2cccc[n+]2[O-])c(C)n1C. The van der Waals surface area contributed by atoms with Crippen molar-refractivity contribution in [3.8, 4) is 0 Å². The number of hydrogen-bond donors (Lipinski definition) is 0. The summed E-state index contributed by atoms with van der Waals surface area (Å²) in [5.74, 6) is -1.11. The van der Waals surface area contributed by atoms with Crippen LogP contribution in [-0.2, 0) is 11.8 Å². The van der Waals surface area contributed by atoms with Gasteiger partial charge < -0.3 is 14.5 Å². The largest absolute Gasteiger partial charge is 0.618 e. The number of Topliss-reactive ketones (excluding diaryl/α,β-unsaturated/α-hetero) is 1. The van der Waals surface area contributed by atoms with E-state index >= 15 is 0 Å². The lowest BCUT2D eigenvalue weighted by molar-refractivity contribution is -0.608. The highest BCUT2D eigenvalue weighted by Gasteiger charge is 2.20. The Balaban J connectivity index is 2.06. The Morgan fingerprint density at radius 3 is 2.62 bits per heavy atom. The fourth-order valence-corrected chi connectivity index (χ4v) is 2.01. The van der Waals surface area contributed by atoms with E-state index in [1.165, 1.54) is 18.3 Å². The number of esters is 1. The van der Waals surface area contributed by atoms with Crippen molar-refractivity contribution in [3.05, 3.63) is 58.3 Å². The monoisotopic (exact) mass is 288 g/mol. The first-order chi connectivity index (χ1) is 9.91. The molecule has 2 aromatic rings. The standard InChI is InChI=1S/C15H16N2O4/c1-10-8-12(11(2)16(10)3)14(18)9-21-15(19)13-6-4-5-7-17(13)20/h4-8H,9H2,1-3H3. The van der Waals surface area contributed by atoms with Crippen LogP contribution in [0, 0.1) is 19.1 Å². The third kappa shape index (κ3) is 2.94. The zero-order chi connectivity index (χ0) is 15.6. The lowest BCUT2D eigenvalue weighted by Crippen LogP contribution is -2.35. The molecule has 0 N–H and O–H groups in total. The molecular formula is C15H16N2O4. The first kappa shape index (κ1) is 14.8. The van der Waals surface area contributed by atoms with Crippen molar-refractivity contribution in [1.29, 1.82) is 0 Å². The lowest BCUT2D eigenvalue weighted by atomic mass is 10.1. The number of ketones is 1. The summed E-state index contributed by atoms with van der Waals surface area (Å²) in [5, 5.41) is 11.4. The van der Waals surface area contributed by atoms with Gasteiger partial charge in [0.25, 0.3) is 0 Å². The topological polar surface area (TPSA) is 75.2 Å². The number of nitrogens with zero attached hydrogens (tertiary/aromatic N) is 2. The summed E-state index contributed by atoms with van der Waals surface area (Å²) in [5.41, 5.74) is 2.13. The predicted octanol–water partition coefficient (Wildman–Crippen LogP) is 1.32. The van der Waals surface area contributed by atoms with Gasteiger partial charge in [-0.3, -0.25) is 4.79 Å². The van der Waals surface area contributed by atoms with Crippen LogP contribution in [0.3, 0.4) is 0 Å². The van der Waals surface area contributed by atoms with Crippen LogP contribution in [0.5, 0.6) is 0 Å². The summed E-state index contributed by atoms with van der Waals surface area (Å²) in [6, 6.07) is 6.15. The molecule has 0 bridgehead atoms. The van der Waals surface area contributed by atoms with E-state index in [-0.39, 0.29) is 11.5 Å². The molecule has 0 unspecified atom stereocenters. The predicted molar refractivity (Wildman–Crippen MR) is 74.9 cm³/mol. The normalized spacial score (nSPS) is 10.4. The number of ether oxygens (including phenoxy) is 1. The summed E-state index contributed by atoms with van der Waals surface area (Å²) in [6.45, 7) is 3.32. The summed E-state index contributed by atoms with van der Waals surface area (Å²) in [4.78, 5) is 23.8. The minimum Gasteiger partial charge on any atom is -0.618 e. The zero-order valence-electron chi connectivity index (χ0n) is 12.1. The van der Waals surface area contributed by atoms with Crippen LogP contribution in [0.1, 0.15) is 32.2 Å². The van der Waals surface area contributed by atoms with E-state index in [4.69, 9.17) is 4.74 Å². The molecule has 0 radical (unpaired) electrons. The van der Waals surface area contributed by atoms with Crippen molar-refractivity contribution in [2.75, 3.05) is 6.61 Å². The molecule has 6 nitrogen and oxygen atoms in total. The number of aryl methyl sites for hydroxylation is 1. The maximum Gasteiger partial charge on any atom is 0.405 e. The minimum absolute atomic E-state index is 0.147. The molecule has 0 saturated carbocycles. The fraction of sp³-hybridized carbons (Fsp3) is 0.267. The first-order valence-corrected chi connectivity index (χ1v) is 6.43. The van der Waals surface area contributed by atoms with Crippen LogP contribution in [-0.4, -0.2) is 22.9 Å². The highest BCUT2D eigenvalue weighted by Crippen LogP contribution is 2.14. The van der Waals surface area contributed by atoms with Crippen LogP contribution in [0.25, 0.3) is 0 Å². The van der Waals surface area contributed by atoms with E-state index < -0.39 is 12.6 Å². The summed E-state index contributed by atoms with van der Waals surface area (Å²) in [6.07, 6.45) is 1.20. The molecule has 0 atom stereocenters. The van der Waals surface area contributed by atoms with Crippen molar-refractivity contribution >= 4 is 11.8 Å². The molecule has 2 rings (SSSR count). The van der Waals surface area contributed by atoms with Crippen LogP contribution in [0.2, 0.25) is 0 Å². The number of carbonyl (C=O) groups excluding carboxylic acids is 2. The highest BCUT2D eigenvalue weighted by molar-refractivity contribution is 6.00. The molecule has 0 saturated heterocycles. The molecule has 0 aliphatic carbocycles. The van der Waals surface area contributed by atoms with Gasteiger partial charge in [0, 0.05) is 36.1 Å². The number of carbonyl (C=O) groups is 2. The second-order valence-corrected chi connectivity index (χ2v) is 4.75. The van der Waals surface area contributed by atoms with Crippen molar-refractivity contribution in [1.82, 2.24) is 4.57 Å². The minimum atomic E-state index is -0.816.